The molecular weight excluding hydrogens is 440 g/mol. The van der Waals surface area contributed by atoms with Crippen LogP contribution < -0.4 is 4.74 Å². The fourth-order valence-corrected chi connectivity index (χ4v) is 4.06. The van der Waals surface area contributed by atoms with Crippen LogP contribution >= 0.6 is 11.6 Å². The topological polar surface area (TPSA) is 72.8 Å². The van der Waals surface area contributed by atoms with Crippen molar-refractivity contribution >= 4 is 34.3 Å². The van der Waals surface area contributed by atoms with Crippen LogP contribution in [0.4, 0.5) is 0 Å². The number of hydrogen-bond donors (Lipinski definition) is 1. The van der Waals surface area contributed by atoms with Crippen molar-refractivity contribution in [1.29, 1.82) is 0 Å². The zero-order valence-corrected chi connectivity index (χ0v) is 19.5. The van der Waals surface area contributed by atoms with E-state index in [1.54, 1.807) is 48.5 Å². The van der Waals surface area contributed by atoms with E-state index in [9.17, 15) is 14.7 Å². The molecule has 0 radical (unpaired) electrons. The molecule has 0 saturated heterocycles. The summed E-state index contributed by atoms with van der Waals surface area (Å²) >= 11 is 6.21. The molecule has 0 aromatic heterocycles. The Morgan fingerprint density at radius 1 is 1.09 bits per heavy atom. The number of rotatable bonds is 10. The molecule has 3 rings (SSSR count). The van der Waals surface area contributed by atoms with E-state index in [-0.39, 0.29) is 17.5 Å². The lowest BCUT2D eigenvalue weighted by atomic mass is 9.92. The van der Waals surface area contributed by atoms with E-state index >= 15 is 0 Å². The van der Waals surface area contributed by atoms with Gasteiger partial charge in [-0.1, -0.05) is 50.8 Å². The molecule has 0 aliphatic carbocycles. The van der Waals surface area contributed by atoms with Crippen molar-refractivity contribution < 1.29 is 24.2 Å². The summed E-state index contributed by atoms with van der Waals surface area (Å²) in [7, 11) is 0. The largest absolute Gasteiger partial charge is 0.490 e. The van der Waals surface area contributed by atoms with Crippen LogP contribution in [0.15, 0.2) is 67.3 Å². The molecule has 1 N–H and O–H groups in total. The molecule has 0 fully saturated rings. The number of carboxylic acids is 1. The number of carboxylic acid groups (broad SMARTS) is 1. The van der Waals surface area contributed by atoms with Gasteiger partial charge >= 0.3 is 11.9 Å². The Labute approximate surface area is 198 Å². The van der Waals surface area contributed by atoms with Crippen molar-refractivity contribution in [3.8, 4) is 16.9 Å². The Morgan fingerprint density at radius 2 is 1.82 bits per heavy atom. The number of halogens is 1. The number of alkyl halides is 1. The predicted molar refractivity (Wildman–Crippen MR) is 131 cm³/mol. The van der Waals surface area contributed by atoms with Gasteiger partial charge in [0.2, 0.25) is 0 Å². The summed E-state index contributed by atoms with van der Waals surface area (Å²) in [6.45, 7) is 8.28. The molecule has 5 nitrogen and oxygen atoms in total. The zero-order valence-electron chi connectivity index (χ0n) is 18.7. The fraction of sp³-hybridized carbons (Fsp3) is 0.259. The van der Waals surface area contributed by atoms with Gasteiger partial charge in [0.1, 0.15) is 19.0 Å². The average Bonchev–Trinajstić information content (AvgIpc) is 2.79. The molecule has 0 bridgehead atoms. The molecule has 0 aliphatic rings. The first-order valence-corrected chi connectivity index (χ1v) is 11.2. The third-order valence-electron chi connectivity index (χ3n) is 5.12. The number of benzene rings is 3. The highest BCUT2D eigenvalue weighted by Crippen LogP contribution is 2.34. The van der Waals surface area contributed by atoms with Gasteiger partial charge in [-0.3, -0.25) is 0 Å². The van der Waals surface area contributed by atoms with Crippen LogP contribution in [0.5, 0.6) is 5.75 Å². The summed E-state index contributed by atoms with van der Waals surface area (Å²) in [5.74, 6) is -0.402. The van der Waals surface area contributed by atoms with E-state index in [2.05, 4.69) is 20.4 Å². The Kier molecular flexibility index (Phi) is 8.12. The summed E-state index contributed by atoms with van der Waals surface area (Å²) in [6.07, 6.45) is 2.42. The second-order valence-corrected chi connectivity index (χ2v) is 8.80. The van der Waals surface area contributed by atoms with Crippen LogP contribution in [0.3, 0.4) is 0 Å². The molecule has 1 atom stereocenters. The van der Waals surface area contributed by atoms with E-state index < -0.39 is 11.9 Å². The van der Waals surface area contributed by atoms with Gasteiger partial charge in [0.05, 0.1) is 16.5 Å². The van der Waals surface area contributed by atoms with E-state index in [0.29, 0.717) is 35.0 Å². The molecule has 172 valence electrons. The summed E-state index contributed by atoms with van der Waals surface area (Å²) in [5, 5.41) is 11.1. The minimum atomic E-state index is -1.03. The molecule has 33 heavy (non-hydrogen) atoms. The maximum Gasteiger partial charge on any atom is 0.338 e. The van der Waals surface area contributed by atoms with Crippen molar-refractivity contribution in [3.05, 3.63) is 78.4 Å². The normalized spacial score (nSPS) is 11.9. The molecule has 0 saturated carbocycles. The van der Waals surface area contributed by atoms with E-state index in [0.717, 1.165) is 17.2 Å². The van der Waals surface area contributed by atoms with Crippen LogP contribution in [-0.4, -0.2) is 35.6 Å². The smallest absolute Gasteiger partial charge is 0.338 e. The van der Waals surface area contributed by atoms with Crippen molar-refractivity contribution in [2.45, 2.75) is 25.6 Å². The lowest BCUT2D eigenvalue weighted by Crippen LogP contribution is -2.16. The lowest BCUT2D eigenvalue weighted by Gasteiger charge is -2.14. The van der Waals surface area contributed by atoms with Crippen LogP contribution in [0, 0.1) is 5.92 Å². The van der Waals surface area contributed by atoms with E-state index in [4.69, 9.17) is 21.1 Å². The first-order chi connectivity index (χ1) is 15.8. The first-order valence-electron chi connectivity index (χ1n) is 10.8. The zero-order chi connectivity index (χ0) is 24.0. The molecule has 0 aliphatic heterocycles. The van der Waals surface area contributed by atoms with Gasteiger partial charge in [-0.2, -0.15) is 0 Å². The molecule has 0 amide bonds. The van der Waals surface area contributed by atoms with Crippen molar-refractivity contribution in [1.82, 2.24) is 0 Å². The lowest BCUT2D eigenvalue weighted by molar-refractivity contribution is 0.0498. The second kappa shape index (κ2) is 11.0. The van der Waals surface area contributed by atoms with Gasteiger partial charge in [-0.15, -0.1) is 11.6 Å². The summed E-state index contributed by atoms with van der Waals surface area (Å²) in [4.78, 5) is 24.3. The minimum Gasteiger partial charge on any atom is -0.490 e. The van der Waals surface area contributed by atoms with Crippen LogP contribution in [-0.2, 0) is 4.74 Å². The highest BCUT2D eigenvalue weighted by atomic mass is 35.5. The van der Waals surface area contributed by atoms with Gasteiger partial charge in [0.15, 0.2) is 0 Å². The van der Waals surface area contributed by atoms with Gasteiger partial charge < -0.3 is 14.6 Å². The third kappa shape index (κ3) is 6.14. The van der Waals surface area contributed by atoms with Gasteiger partial charge in [0, 0.05) is 5.56 Å². The average molecular weight is 467 g/mol. The molecule has 6 heteroatoms. The van der Waals surface area contributed by atoms with Crippen LogP contribution in [0.1, 0.15) is 41.0 Å². The SMILES string of the molecule is C=CCOc1ccc2c(-c3ccc(C(=O)OC[C@@H](Cl)CC(C)C)cc3)c(C(=O)O)ccc2c1. The maximum absolute atomic E-state index is 12.4. The fourth-order valence-electron chi connectivity index (χ4n) is 3.64. The molecule has 0 spiro atoms. The molecule has 0 heterocycles. The van der Waals surface area contributed by atoms with Crippen LogP contribution in [0.25, 0.3) is 21.9 Å². The maximum atomic E-state index is 12.4. The van der Waals surface area contributed by atoms with E-state index in [1.807, 2.05) is 12.1 Å². The number of esters is 1. The van der Waals surface area contributed by atoms with Crippen molar-refractivity contribution in [3.63, 3.8) is 0 Å². The number of carbonyl (C=O) groups excluding carboxylic acids is 1. The van der Waals surface area contributed by atoms with Gasteiger partial charge in [-0.05, 0) is 59.0 Å². The molecule has 3 aromatic carbocycles. The quantitative estimate of drug-likeness (QED) is 0.207. The number of hydrogen-bond acceptors (Lipinski definition) is 4. The first kappa shape index (κ1) is 24.3. The number of ether oxygens (including phenoxy) is 2. The van der Waals surface area contributed by atoms with Gasteiger partial charge in [0.25, 0.3) is 0 Å². The minimum absolute atomic E-state index is 0.142. The number of aromatic carboxylic acids is 1. The molecule has 3 aromatic rings. The summed E-state index contributed by atoms with van der Waals surface area (Å²) in [5.41, 5.74) is 1.82. The predicted octanol–water partition coefficient (Wildman–Crippen LogP) is 6.58. The van der Waals surface area contributed by atoms with Crippen molar-refractivity contribution in [2.75, 3.05) is 13.2 Å². The van der Waals surface area contributed by atoms with Crippen LogP contribution in [0.2, 0.25) is 0 Å². The highest BCUT2D eigenvalue weighted by Gasteiger charge is 2.17. The standard InChI is InChI=1S/C27H27ClO5/c1-4-13-32-22-10-12-23-20(15-22)9-11-24(26(29)30)25(23)18-5-7-19(8-6-18)27(31)33-16-21(28)14-17(2)3/h4-12,15,17,21H,1,13-14,16H2,2-3H3,(H,29,30)/t21-/m0/s1. The molecule has 0 unspecified atom stereocenters. The number of carbonyl (C=O) groups is 2. The van der Waals surface area contributed by atoms with Gasteiger partial charge in [-0.25, -0.2) is 9.59 Å². The Bertz CT molecular complexity index is 1150. The highest BCUT2D eigenvalue weighted by molar-refractivity contribution is 6.20. The Balaban J connectivity index is 1.90. The monoisotopic (exact) mass is 466 g/mol. The van der Waals surface area contributed by atoms with E-state index in [1.165, 1.54) is 0 Å². The Morgan fingerprint density at radius 3 is 2.45 bits per heavy atom. The number of fused-ring (bicyclic) bond motifs is 1. The summed E-state index contributed by atoms with van der Waals surface area (Å²) < 4.78 is 10.9. The summed E-state index contributed by atoms with van der Waals surface area (Å²) in [6, 6.07) is 15.6. The molecular formula is C27H27ClO5. The Hall–Kier alpha value is -3.31. The van der Waals surface area contributed by atoms with Crippen molar-refractivity contribution in [2.24, 2.45) is 5.92 Å². The third-order valence-corrected chi connectivity index (χ3v) is 5.43. The second-order valence-electron chi connectivity index (χ2n) is 8.18.